The monoisotopic (exact) mass is 435 g/mol. The minimum absolute atomic E-state index is 0.110. The van der Waals surface area contributed by atoms with Gasteiger partial charge < -0.3 is 20.0 Å². The lowest BCUT2D eigenvalue weighted by Gasteiger charge is -2.31. The molecule has 2 heterocycles. The van der Waals surface area contributed by atoms with Crippen LogP contribution in [0.4, 0.5) is 0 Å². The van der Waals surface area contributed by atoms with Crippen LogP contribution in [0.5, 0.6) is 0 Å². The van der Waals surface area contributed by atoms with Crippen LogP contribution in [0.3, 0.4) is 0 Å². The Morgan fingerprint density at radius 3 is 2.23 bits per heavy atom. The number of hydrogen-bond donors (Lipinski definition) is 2. The van der Waals surface area contributed by atoms with Crippen LogP contribution in [0, 0.1) is 17.2 Å². The van der Waals surface area contributed by atoms with Gasteiger partial charge in [0.2, 0.25) is 0 Å². The lowest BCUT2D eigenvalue weighted by Crippen LogP contribution is -2.47. The Kier molecular flexibility index (Phi) is 14.8. The third-order valence-corrected chi connectivity index (χ3v) is 5.83. The topological polar surface area (TPSA) is 86.4 Å². The van der Waals surface area contributed by atoms with Crippen molar-refractivity contribution in [2.45, 2.75) is 85.6 Å². The van der Waals surface area contributed by atoms with Crippen LogP contribution >= 0.6 is 0 Å². The summed E-state index contributed by atoms with van der Waals surface area (Å²) in [5.74, 6) is 1.68. The van der Waals surface area contributed by atoms with Gasteiger partial charge in [0.15, 0.2) is 0 Å². The molecule has 31 heavy (non-hydrogen) atoms. The number of rotatable bonds is 8. The second-order valence-corrected chi connectivity index (χ2v) is 8.88. The average Bonchev–Trinajstić information content (AvgIpc) is 3.29. The summed E-state index contributed by atoms with van der Waals surface area (Å²) < 4.78 is 4.92. The van der Waals surface area contributed by atoms with Gasteiger partial charge in [-0.3, -0.25) is 9.59 Å². The van der Waals surface area contributed by atoms with Gasteiger partial charge >= 0.3 is 0 Å². The number of carbonyl (C=O) groups excluding carboxylic acids is 2. The first-order chi connectivity index (χ1) is 14.6. The maximum absolute atomic E-state index is 11.9. The molecule has 1 fully saturated rings. The van der Waals surface area contributed by atoms with Crippen molar-refractivity contribution >= 4 is 17.9 Å². The highest BCUT2D eigenvalue weighted by molar-refractivity contribution is 5.93. The van der Waals surface area contributed by atoms with Gasteiger partial charge in [-0.1, -0.05) is 40.5 Å². The van der Waals surface area contributed by atoms with E-state index in [1.807, 2.05) is 18.9 Å². The van der Waals surface area contributed by atoms with Crippen molar-refractivity contribution in [3.8, 4) is 0 Å². The molecule has 1 atom stereocenters. The highest BCUT2D eigenvalue weighted by Crippen LogP contribution is 2.21. The summed E-state index contributed by atoms with van der Waals surface area (Å²) in [7, 11) is 1.84. The summed E-state index contributed by atoms with van der Waals surface area (Å²) in [6.45, 7) is 13.9. The third kappa shape index (κ3) is 11.3. The van der Waals surface area contributed by atoms with E-state index in [0.29, 0.717) is 11.5 Å². The van der Waals surface area contributed by atoms with Crippen molar-refractivity contribution in [3.63, 3.8) is 0 Å². The number of furan rings is 1. The van der Waals surface area contributed by atoms with E-state index in [1.165, 1.54) is 18.9 Å². The van der Waals surface area contributed by atoms with Crippen LogP contribution in [-0.2, 0) is 4.79 Å². The number of unbranched alkanes of at least 4 members (excludes halogenated alkanes) is 1. The predicted molar refractivity (Wildman–Crippen MR) is 129 cm³/mol. The number of nitrogens with one attached hydrogen (secondary N) is 2. The van der Waals surface area contributed by atoms with E-state index < -0.39 is 0 Å². The first kappa shape index (κ1) is 29.1. The highest BCUT2D eigenvalue weighted by atomic mass is 16.3. The Morgan fingerprint density at radius 2 is 1.94 bits per heavy atom. The largest absolute Gasteiger partial charge is 0.472 e. The molecule has 6 nitrogen and oxygen atoms in total. The molecule has 2 rings (SSSR count). The maximum atomic E-state index is 11.9. The number of amides is 1. The number of carbonyl (C=O) groups is 2. The predicted octanol–water partition coefficient (Wildman–Crippen LogP) is 5.58. The number of likely N-dealkylation sites (N-methyl/N-ethyl adjacent to an activating group) is 1. The molecule has 1 aliphatic rings. The molecular formula is C25H45N3O3. The zero-order valence-electron chi connectivity index (χ0n) is 20.8. The van der Waals surface area contributed by atoms with E-state index in [-0.39, 0.29) is 17.2 Å². The molecular weight excluding hydrogens is 390 g/mol. The number of likely N-dealkylation sites (tertiary alicyclic amines) is 1. The zero-order chi connectivity index (χ0) is 23.9. The van der Waals surface area contributed by atoms with E-state index in [4.69, 9.17) is 9.83 Å². The van der Waals surface area contributed by atoms with Gasteiger partial charge in [-0.25, -0.2) is 0 Å². The summed E-state index contributed by atoms with van der Waals surface area (Å²) in [5.41, 5.74) is 0.346. The van der Waals surface area contributed by atoms with Crippen molar-refractivity contribution in [1.82, 2.24) is 10.2 Å². The summed E-state index contributed by atoms with van der Waals surface area (Å²) in [6.07, 6.45) is 10.9. The van der Waals surface area contributed by atoms with Crippen LogP contribution in [0.1, 0.15) is 90.4 Å². The molecule has 1 aliphatic heterocycles. The molecule has 1 aromatic heterocycles. The van der Waals surface area contributed by atoms with Crippen molar-refractivity contribution in [2.75, 3.05) is 20.1 Å². The fourth-order valence-corrected chi connectivity index (χ4v) is 3.50. The number of ketones is 1. The minimum Gasteiger partial charge on any atom is -0.472 e. The second-order valence-electron chi connectivity index (χ2n) is 8.88. The quantitative estimate of drug-likeness (QED) is 0.522. The standard InChI is InChI=1S/C12H17NO2.C9H19NO.C4H9N/c1-2-10-3-6-13(7-4-10)12(14)11-5-8-15-9-11;1-7(2)6-9(4,10-5)8(3)11;1-2-3-4-5/h5,8-10H,2-4,6-7H2,1H3;7,10H,6H2,1-5H3;4-5H,2-3H2,1H3. The Labute approximate surface area is 189 Å². The molecule has 0 bridgehead atoms. The molecule has 1 amide bonds. The van der Waals surface area contributed by atoms with Gasteiger partial charge in [-0.2, -0.15) is 0 Å². The number of nitrogens with zero attached hydrogens (tertiary/aromatic N) is 1. The normalized spacial score (nSPS) is 15.8. The summed E-state index contributed by atoms with van der Waals surface area (Å²) in [6, 6.07) is 1.73. The number of hydrogen-bond acceptors (Lipinski definition) is 5. The first-order valence-electron chi connectivity index (χ1n) is 11.6. The van der Waals surface area contributed by atoms with Crippen LogP contribution in [-0.4, -0.2) is 48.5 Å². The summed E-state index contributed by atoms with van der Waals surface area (Å²) in [5, 5.41) is 9.54. The fraction of sp³-hybridized carbons (Fsp3) is 0.720. The van der Waals surface area contributed by atoms with E-state index >= 15 is 0 Å². The molecule has 0 radical (unpaired) electrons. The van der Waals surface area contributed by atoms with E-state index in [2.05, 4.69) is 33.0 Å². The van der Waals surface area contributed by atoms with Gasteiger partial charge in [-0.15, -0.1) is 0 Å². The minimum atomic E-state index is -0.325. The summed E-state index contributed by atoms with van der Waals surface area (Å²) >= 11 is 0. The van der Waals surface area contributed by atoms with Crippen LogP contribution in [0.2, 0.25) is 0 Å². The van der Waals surface area contributed by atoms with Crippen molar-refractivity contribution in [1.29, 1.82) is 5.41 Å². The van der Waals surface area contributed by atoms with Crippen molar-refractivity contribution in [2.24, 2.45) is 11.8 Å². The Balaban J connectivity index is 0.000000496. The molecule has 1 unspecified atom stereocenters. The number of Topliss-reactive ketones (excluding diaryl/α,β-unsaturated/α-hetero) is 1. The second kappa shape index (κ2) is 15.8. The Bertz CT molecular complexity index is 620. The zero-order valence-corrected chi connectivity index (χ0v) is 20.8. The maximum Gasteiger partial charge on any atom is 0.257 e. The van der Waals surface area contributed by atoms with Gasteiger partial charge in [-0.05, 0) is 70.7 Å². The fourth-order valence-electron chi connectivity index (χ4n) is 3.50. The van der Waals surface area contributed by atoms with Crippen LogP contribution < -0.4 is 5.32 Å². The Hall–Kier alpha value is -1.95. The molecule has 0 aliphatic carbocycles. The highest BCUT2D eigenvalue weighted by Gasteiger charge is 2.28. The van der Waals surface area contributed by atoms with Gasteiger partial charge in [0.1, 0.15) is 12.0 Å². The Morgan fingerprint density at radius 1 is 1.32 bits per heavy atom. The molecule has 0 spiro atoms. The van der Waals surface area contributed by atoms with Crippen molar-refractivity contribution in [3.05, 3.63) is 24.2 Å². The summed E-state index contributed by atoms with van der Waals surface area (Å²) in [4.78, 5) is 25.0. The lowest BCUT2D eigenvalue weighted by molar-refractivity contribution is -0.123. The van der Waals surface area contributed by atoms with Crippen LogP contribution in [0.25, 0.3) is 0 Å². The van der Waals surface area contributed by atoms with E-state index in [9.17, 15) is 9.59 Å². The van der Waals surface area contributed by atoms with Crippen LogP contribution in [0.15, 0.2) is 23.0 Å². The molecule has 0 aromatic carbocycles. The molecule has 1 aromatic rings. The molecule has 6 heteroatoms. The molecule has 1 saturated heterocycles. The van der Waals surface area contributed by atoms with E-state index in [1.54, 1.807) is 19.3 Å². The number of piperidine rings is 1. The first-order valence-corrected chi connectivity index (χ1v) is 11.6. The lowest BCUT2D eigenvalue weighted by atomic mass is 9.88. The molecule has 178 valence electrons. The average molecular weight is 436 g/mol. The molecule has 2 N–H and O–H groups in total. The van der Waals surface area contributed by atoms with E-state index in [0.717, 1.165) is 51.1 Å². The molecule has 0 saturated carbocycles. The third-order valence-electron chi connectivity index (χ3n) is 5.83. The van der Waals surface area contributed by atoms with Gasteiger partial charge in [0.25, 0.3) is 5.91 Å². The SMILES string of the molecule is CCC1CCN(C(=O)c2ccoc2)CC1.CCCC=N.CNC(C)(CC(C)C)C(C)=O. The smallest absolute Gasteiger partial charge is 0.257 e. The van der Waals surface area contributed by atoms with Crippen molar-refractivity contribution < 1.29 is 14.0 Å². The van der Waals surface area contributed by atoms with Gasteiger partial charge in [0.05, 0.1) is 17.4 Å². The van der Waals surface area contributed by atoms with Gasteiger partial charge in [0, 0.05) is 13.1 Å².